The molecule has 1 atom stereocenters. The fourth-order valence-corrected chi connectivity index (χ4v) is 2.98. The Morgan fingerprint density at radius 1 is 1.27 bits per heavy atom. The number of rotatable bonds is 2. The van der Waals surface area contributed by atoms with E-state index in [2.05, 4.69) is 23.8 Å². The van der Waals surface area contributed by atoms with Gasteiger partial charge < -0.3 is 10.0 Å². The lowest BCUT2D eigenvalue weighted by molar-refractivity contribution is -0.0188. The third-order valence-corrected chi connectivity index (χ3v) is 4.00. The first kappa shape index (κ1) is 11.4. The first-order valence-corrected chi connectivity index (χ1v) is 6.24. The van der Waals surface area contributed by atoms with Crippen LogP contribution in [0.3, 0.4) is 0 Å². The van der Waals surface area contributed by atoms with Gasteiger partial charge in [-0.05, 0) is 26.8 Å². The van der Waals surface area contributed by atoms with Gasteiger partial charge in [-0.15, -0.1) is 0 Å². The first-order valence-electron chi connectivity index (χ1n) is 6.24. The highest BCUT2D eigenvalue weighted by atomic mass is 16.3. The molecule has 15 heavy (non-hydrogen) atoms. The van der Waals surface area contributed by atoms with E-state index in [1.165, 1.54) is 12.8 Å². The van der Waals surface area contributed by atoms with Crippen LogP contribution in [0.15, 0.2) is 0 Å². The van der Waals surface area contributed by atoms with Crippen molar-refractivity contribution in [1.82, 2.24) is 9.80 Å². The zero-order chi connectivity index (χ0) is 10.9. The minimum atomic E-state index is -0.371. The van der Waals surface area contributed by atoms with E-state index in [1.807, 2.05) is 0 Å². The molecule has 0 aromatic heterocycles. The number of likely N-dealkylation sites (N-methyl/N-ethyl adjacent to an activating group) is 1. The Labute approximate surface area is 93.1 Å². The van der Waals surface area contributed by atoms with Crippen LogP contribution in [-0.4, -0.2) is 59.8 Å². The molecule has 1 N–H and O–H groups in total. The van der Waals surface area contributed by atoms with E-state index in [1.54, 1.807) is 0 Å². The van der Waals surface area contributed by atoms with Crippen molar-refractivity contribution in [3.05, 3.63) is 0 Å². The molecule has 1 aliphatic carbocycles. The molecule has 0 radical (unpaired) electrons. The van der Waals surface area contributed by atoms with Crippen molar-refractivity contribution in [1.29, 1.82) is 0 Å². The highest BCUT2D eigenvalue weighted by Crippen LogP contribution is 2.31. The Hall–Kier alpha value is -0.120. The summed E-state index contributed by atoms with van der Waals surface area (Å²) in [5.74, 6) is 0. The Kier molecular flexibility index (Phi) is 3.33. The van der Waals surface area contributed by atoms with Crippen molar-refractivity contribution >= 4 is 0 Å². The molecule has 0 aromatic rings. The number of hydrogen-bond acceptors (Lipinski definition) is 3. The number of piperazine rings is 1. The molecule has 3 heteroatoms. The number of nitrogens with zero attached hydrogens (tertiary/aromatic N) is 2. The SMILES string of the molecule is CC1CN(C)CCN1CC1(O)CCCC1. The van der Waals surface area contributed by atoms with Gasteiger partial charge in [0, 0.05) is 32.2 Å². The Bertz CT molecular complexity index is 214. The van der Waals surface area contributed by atoms with Crippen LogP contribution < -0.4 is 0 Å². The van der Waals surface area contributed by atoms with E-state index in [9.17, 15) is 5.11 Å². The van der Waals surface area contributed by atoms with Crippen LogP contribution in [0.4, 0.5) is 0 Å². The molecule has 2 fully saturated rings. The smallest absolute Gasteiger partial charge is 0.0774 e. The molecule has 0 amide bonds. The summed E-state index contributed by atoms with van der Waals surface area (Å²) in [7, 11) is 2.18. The standard InChI is InChI=1S/C12H24N2O/c1-11-9-13(2)7-8-14(11)10-12(15)5-3-4-6-12/h11,15H,3-10H2,1-2H3. The van der Waals surface area contributed by atoms with Gasteiger partial charge >= 0.3 is 0 Å². The molecule has 2 rings (SSSR count). The number of β-amino-alcohol motifs (C(OH)–C–C–N with tert-alkyl or cyclic N) is 1. The van der Waals surface area contributed by atoms with E-state index in [4.69, 9.17) is 0 Å². The highest BCUT2D eigenvalue weighted by Gasteiger charge is 2.35. The van der Waals surface area contributed by atoms with Crippen LogP contribution in [-0.2, 0) is 0 Å². The zero-order valence-electron chi connectivity index (χ0n) is 10.1. The average molecular weight is 212 g/mol. The first-order chi connectivity index (χ1) is 7.09. The average Bonchev–Trinajstić information content (AvgIpc) is 2.58. The van der Waals surface area contributed by atoms with E-state index < -0.39 is 0 Å². The normalized spacial score (nSPS) is 33.4. The molecule has 1 saturated heterocycles. The van der Waals surface area contributed by atoms with Crippen LogP contribution in [0.1, 0.15) is 32.6 Å². The zero-order valence-corrected chi connectivity index (χ0v) is 10.1. The fourth-order valence-electron chi connectivity index (χ4n) is 2.98. The summed E-state index contributed by atoms with van der Waals surface area (Å²) >= 11 is 0. The molecule has 1 aliphatic heterocycles. The van der Waals surface area contributed by atoms with E-state index in [-0.39, 0.29) is 5.60 Å². The predicted octanol–water partition coefficient (Wildman–Crippen LogP) is 0.927. The molecule has 1 saturated carbocycles. The minimum Gasteiger partial charge on any atom is -0.389 e. The molecular formula is C12H24N2O. The van der Waals surface area contributed by atoms with E-state index in [0.717, 1.165) is 39.0 Å². The largest absolute Gasteiger partial charge is 0.389 e. The van der Waals surface area contributed by atoms with Crippen molar-refractivity contribution in [2.45, 2.75) is 44.2 Å². The van der Waals surface area contributed by atoms with E-state index in [0.29, 0.717) is 6.04 Å². The van der Waals surface area contributed by atoms with Gasteiger partial charge in [-0.2, -0.15) is 0 Å². The lowest BCUT2D eigenvalue weighted by atomic mass is 10.00. The lowest BCUT2D eigenvalue weighted by Crippen LogP contribution is -2.54. The second-order valence-corrected chi connectivity index (χ2v) is 5.51. The quantitative estimate of drug-likeness (QED) is 0.737. The topological polar surface area (TPSA) is 26.7 Å². The maximum absolute atomic E-state index is 10.4. The van der Waals surface area contributed by atoms with Gasteiger partial charge in [0.15, 0.2) is 0 Å². The van der Waals surface area contributed by atoms with Crippen LogP contribution in [0, 0.1) is 0 Å². The van der Waals surface area contributed by atoms with Crippen LogP contribution in [0.5, 0.6) is 0 Å². The molecule has 0 spiro atoms. The molecule has 3 nitrogen and oxygen atoms in total. The molecule has 2 aliphatic rings. The van der Waals surface area contributed by atoms with Gasteiger partial charge in [0.25, 0.3) is 0 Å². The summed E-state index contributed by atoms with van der Waals surface area (Å²) < 4.78 is 0. The monoisotopic (exact) mass is 212 g/mol. The molecule has 1 heterocycles. The van der Waals surface area contributed by atoms with Crippen molar-refractivity contribution in [3.63, 3.8) is 0 Å². The summed E-state index contributed by atoms with van der Waals surface area (Å²) in [6.45, 7) is 6.55. The second kappa shape index (κ2) is 4.40. The summed E-state index contributed by atoms with van der Waals surface area (Å²) in [5.41, 5.74) is -0.371. The number of aliphatic hydroxyl groups is 1. The van der Waals surface area contributed by atoms with Crippen molar-refractivity contribution < 1.29 is 5.11 Å². The van der Waals surface area contributed by atoms with Crippen molar-refractivity contribution in [3.8, 4) is 0 Å². The molecule has 0 bridgehead atoms. The minimum absolute atomic E-state index is 0.371. The Balaban J connectivity index is 1.88. The number of hydrogen-bond donors (Lipinski definition) is 1. The maximum atomic E-state index is 10.4. The molecular weight excluding hydrogens is 188 g/mol. The van der Waals surface area contributed by atoms with Gasteiger partial charge in [0.1, 0.15) is 0 Å². The summed E-state index contributed by atoms with van der Waals surface area (Å²) in [5, 5.41) is 10.4. The maximum Gasteiger partial charge on any atom is 0.0774 e. The van der Waals surface area contributed by atoms with Gasteiger partial charge in [0.2, 0.25) is 0 Å². The predicted molar refractivity (Wildman–Crippen MR) is 61.9 cm³/mol. The fraction of sp³-hybridized carbons (Fsp3) is 1.00. The van der Waals surface area contributed by atoms with Gasteiger partial charge in [0.05, 0.1) is 5.60 Å². The summed E-state index contributed by atoms with van der Waals surface area (Å²) in [4.78, 5) is 4.84. The highest BCUT2D eigenvalue weighted by molar-refractivity contribution is 4.90. The van der Waals surface area contributed by atoms with Gasteiger partial charge in [-0.1, -0.05) is 12.8 Å². The summed E-state index contributed by atoms with van der Waals surface area (Å²) in [6.07, 6.45) is 4.43. The van der Waals surface area contributed by atoms with Crippen LogP contribution in [0.25, 0.3) is 0 Å². The molecule has 0 aromatic carbocycles. The lowest BCUT2D eigenvalue weighted by Gasteiger charge is -2.41. The van der Waals surface area contributed by atoms with Crippen molar-refractivity contribution in [2.75, 3.05) is 33.2 Å². The second-order valence-electron chi connectivity index (χ2n) is 5.51. The Morgan fingerprint density at radius 3 is 2.53 bits per heavy atom. The Morgan fingerprint density at radius 2 is 1.93 bits per heavy atom. The molecule has 1 unspecified atom stereocenters. The van der Waals surface area contributed by atoms with Crippen molar-refractivity contribution in [2.24, 2.45) is 0 Å². The van der Waals surface area contributed by atoms with E-state index >= 15 is 0 Å². The van der Waals surface area contributed by atoms with Gasteiger partial charge in [-0.25, -0.2) is 0 Å². The van der Waals surface area contributed by atoms with Crippen LogP contribution in [0.2, 0.25) is 0 Å². The molecule has 88 valence electrons. The van der Waals surface area contributed by atoms with Crippen LogP contribution >= 0.6 is 0 Å². The third-order valence-electron chi connectivity index (χ3n) is 4.00. The summed E-state index contributed by atoms with van der Waals surface area (Å²) in [6, 6.07) is 0.591. The van der Waals surface area contributed by atoms with Gasteiger partial charge in [-0.3, -0.25) is 4.90 Å². The third kappa shape index (κ3) is 2.71.